The largest absolute Gasteiger partial charge is 0.317 e. The molecule has 1 aliphatic carbocycles. The normalized spacial score (nSPS) is 13.8. The summed E-state index contributed by atoms with van der Waals surface area (Å²) in [7, 11) is 0. The Morgan fingerprint density at radius 1 is 1.15 bits per heavy atom. The maximum Gasteiger partial charge on any atom is 0.266 e. The van der Waals surface area contributed by atoms with E-state index in [0.717, 1.165) is 12.8 Å². The Bertz CT molecular complexity index is 635. The molecule has 0 bridgehead atoms. The van der Waals surface area contributed by atoms with Gasteiger partial charge in [0, 0.05) is 12.1 Å². The first-order chi connectivity index (χ1) is 9.72. The van der Waals surface area contributed by atoms with Gasteiger partial charge in [0.1, 0.15) is 5.82 Å². The predicted octanol–water partition coefficient (Wildman–Crippen LogP) is 2.74. The summed E-state index contributed by atoms with van der Waals surface area (Å²) in [6.45, 7) is 0. The van der Waals surface area contributed by atoms with Crippen LogP contribution in [0.15, 0.2) is 36.5 Å². The molecule has 0 aliphatic heterocycles. The van der Waals surface area contributed by atoms with Gasteiger partial charge in [0.25, 0.3) is 5.91 Å². The van der Waals surface area contributed by atoms with Crippen LogP contribution in [0.4, 0.5) is 10.8 Å². The van der Waals surface area contributed by atoms with Crippen molar-refractivity contribution in [2.75, 3.05) is 10.6 Å². The molecule has 5 nitrogen and oxygen atoms in total. The monoisotopic (exact) mass is 287 g/mol. The Morgan fingerprint density at radius 3 is 2.70 bits per heavy atom. The SMILES string of the molecule is O=C(Nc1ccccn1)c1ccc(NC(=O)C2CC2)s1. The molecule has 102 valence electrons. The number of carbonyl (C=O) groups is 2. The first-order valence-electron chi connectivity index (χ1n) is 6.35. The predicted molar refractivity (Wildman–Crippen MR) is 77.9 cm³/mol. The van der Waals surface area contributed by atoms with E-state index in [4.69, 9.17) is 0 Å². The molecule has 2 aromatic heterocycles. The van der Waals surface area contributed by atoms with Gasteiger partial charge in [0.05, 0.1) is 9.88 Å². The standard InChI is InChI=1S/C14H13N3O2S/c18-13(9-4-5-9)17-12-7-6-10(20-12)14(19)16-11-3-1-2-8-15-11/h1-3,6-9H,4-5H2,(H,17,18)(H,15,16,19). The molecule has 0 aromatic carbocycles. The minimum Gasteiger partial charge on any atom is -0.317 e. The van der Waals surface area contributed by atoms with Gasteiger partial charge in [-0.1, -0.05) is 6.07 Å². The van der Waals surface area contributed by atoms with E-state index < -0.39 is 0 Å². The quantitative estimate of drug-likeness (QED) is 0.908. The van der Waals surface area contributed by atoms with Crippen molar-refractivity contribution in [3.63, 3.8) is 0 Å². The fraction of sp³-hybridized carbons (Fsp3) is 0.214. The van der Waals surface area contributed by atoms with Crippen molar-refractivity contribution in [3.05, 3.63) is 41.4 Å². The molecule has 0 unspecified atom stereocenters. The molecule has 0 saturated heterocycles. The minimum atomic E-state index is -0.222. The molecule has 2 N–H and O–H groups in total. The number of amides is 2. The fourth-order valence-electron chi connectivity index (χ4n) is 1.71. The lowest BCUT2D eigenvalue weighted by molar-refractivity contribution is -0.117. The zero-order chi connectivity index (χ0) is 13.9. The maximum atomic E-state index is 12.0. The van der Waals surface area contributed by atoms with Crippen LogP contribution in [0.3, 0.4) is 0 Å². The van der Waals surface area contributed by atoms with E-state index in [9.17, 15) is 9.59 Å². The Balaban J connectivity index is 1.63. The Hall–Kier alpha value is -2.21. The zero-order valence-electron chi connectivity index (χ0n) is 10.6. The third-order valence-electron chi connectivity index (χ3n) is 2.93. The number of thiophene rings is 1. The second-order valence-electron chi connectivity index (χ2n) is 4.60. The van der Waals surface area contributed by atoms with Crippen molar-refractivity contribution in [2.45, 2.75) is 12.8 Å². The number of rotatable bonds is 4. The van der Waals surface area contributed by atoms with E-state index in [0.29, 0.717) is 15.7 Å². The fourth-order valence-corrected chi connectivity index (χ4v) is 2.52. The average molecular weight is 287 g/mol. The highest BCUT2D eigenvalue weighted by molar-refractivity contribution is 7.18. The van der Waals surface area contributed by atoms with Crippen LogP contribution in [0, 0.1) is 5.92 Å². The molecule has 0 radical (unpaired) electrons. The molecule has 2 aromatic rings. The lowest BCUT2D eigenvalue weighted by atomic mass is 10.4. The topological polar surface area (TPSA) is 71.1 Å². The van der Waals surface area contributed by atoms with Crippen molar-refractivity contribution in [1.29, 1.82) is 0 Å². The highest BCUT2D eigenvalue weighted by Gasteiger charge is 2.29. The second kappa shape index (κ2) is 5.42. The van der Waals surface area contributed by atoms with Gasteiger partial charge < -0.3 is 10.6 Å². The molecular weight excluding hydrogens is 274 g/mol. The molecule has 0 atom stereocenters. The van der Waals surface area contributed by atoms with E-state index in [1.54, 1.807) is 36.5 Å². The van der Waals surface area contributed by atoms with Crippen LogP contribution < -0.4 is 10.6 Å². The lowest BCUT2D eigenvalue weighted by Crippen LogP contribution is -2.12. The summed E-state index contributed by atoms with van der Waals surface area (Å²) in [6.07, 6.45) is 3.54. The number of aromatic nitrogens is 1. The van der Waals surface area contributed by atoms with Gasteiger partial charge in [-0.3, -0.25) is 9.59 Å². The van der Waals surface area contributed by atoms with Crippen LogP contribution in [0.1, 0.15) is 22.5 Å². The third-order valence-corrected chi connectivity index (χ3v) is 3.93. The first-order valence-corrected chi connectivity index (χ1v) is 7.17. The van der Waals surface area contributed by atoms with Crippen LogP contribution in [0.2, 0.25) is 0 Å². The Labute approximate surface area is 120 Å². The van der Waals surface area contributed by atoms with Crippen LogP contribution >= 0.6 is 11.3 Å². The number of hydrogen-bond donors (Lipinski definition) is 2. The first kappa shape index (κ1) is 12.8. The second-order valence-corrected chi connectivity index (χ2v) is 5.68. The van der Waals surface area contributed by atoms with E-state index in [2.05, 4.69) is 15.6 Å². The minimum absolute atomic E-state index is 0.0449. The van der Waals surface area contributed by atoms with Gasteiger partial charge >= 0.3 is 0 Å². The van der Waals surface area contributed by atoms with Gasteiger partial charge in [0.2, 0.25) is 5.91 Å². The molecular formula is C14H13N3O2S. The molecule has 20 heavy (non-hydrogen) atoms. The summed E-state index contributed by atoms with van der Waals surface area (Å²) >= 11 is 1.26. The van der Waals surface area contributed by atoms with Crippen LogP contribution in [-0.4, -0.2) is 16.8 Å². The van der Waals surface area contributed by atoms with Crippen molar-refractivity contribution in [1.82, 2.24) is 4.98 Å². The maximum absolute atomic E-state index is 12.0. The highest BCUT2D eigenvalue weighted by atomic mass is 32.1. The molecule has 2 heterocycles. The third kappa shape index (κ3) is 3.03. The van der Waals surface area contributed by atoms with E-state index in [1.165, 1.54) is 11.3 Å². The van der Waals surface area contributed by atoms with E-state index >= 15 is 0 Å². The van der Waals surface area contributed by atoms with Crippen LogP contribution in [0.25, 0.3) is 0 Å². The summed E-state index contributed by atoms with van der Waals surface area (Å²) in [5.74, 6) is 0.488. The number of anilines is 2. The van der Waals surface area contributed by atoms with E-state index in [-0.39, 0.29) is 17.7 Å². The lowest BCUT2D eigenvalue weighted by Gasteiger charge is -2.01. The van der Waals surface area contributed by atoms with Crippen molar-refractivity contribution < 1.29 is 9.59 Å². The van der Waals surface area contributed by atoms with Gasteiger partial charge in [-0.25, -0.2) is 4.98 Å². The molecule has 1 aliphatic rings. The molecule has 6 heteroatoms. The zero-order valence-corrected chi connectivity index (χ0v) is 11.4. The average Bonchev–Trinajstić information content (AvgIpc) is 3.20. The molecule has 1 saturated carbocycles. The number of nitrogens with zero attached hydrogens (tertiary/aromatic N) is 1. The summed E-state index contributed by atoms with van der Waals surface area (Å²) < 4.78 is 0. The molecule has 0 spiro atoms. The summed E-state index contributed by atoms with van der Waals surface area (Å²) in [4.78, 5) is 28.2. The van der Waals surface area contributed by atoms with Crippen molar-refractivity contribution >= 4 is 34.0 Å². The molecule has 2 amide bonds. The van der Waals surface area contributed by atoms with Gasteiger partial charge in [-0.05, 0) is 37.1 Å². The number of nitrogens with one attached hydrogen (secondary N) is 2. The van der Waals surface area contributed by atoms with Crippen molar-refractivity contribution in [3.8, 4) is 0 Å². The molecule has 3 rings (SSSR count). The van der Waals surface area contributed by atoms with Gasteiger partial charge in [-0.2, -0.15) is 0 Å². The number of hydrogen-bond acceptors (Lipinski definition) is 4. The number of pyridine rings is 1. The summed E-state index contributed by atoms with van der Waals surface area (Å²) in [5, 5.41) is 6.24. The van der Waals surface area contributed by atoms with Crippen molar-refractivity contribution in [2.24, 2.45) is 5.92 Å². The summed E-state index contributed by atoms with van der Waals surface area (Å²) in [5.41, 5.74) is 0. The van der Waals surface area contributed by atoms with E-state index in [1.807, 2.05) is 0 Å². The van der Waals surface area contributed by atoms with Gasteiger partial charge in [-0.15, -0.1) is 11.3 Å². The Morgan fingerprint density at radius 2 is 2.00 bits per heavy atom. The van der Waals surface area contributed by atoms with Crippen LogP contribution in [0.5, 0.6) is 0 Å². The molecule has 1 fully saturated rings. The van der Waals surface area contributed by atoms with Crippen LogP contribution in [-0.2, 0) is 4.79 Å². The highest BCUT2D eigenvalue weighted by Crippen LogP contribution is 2.31. The Kier molecular flexibility index (Phi) is 3.47. The summed E-state index contributed by atoms with van der Waals surface area (Å²) in [6, 6.07) is 8.76. The van der Waals surface area contributed by atoms with Gasteiger partial charge in [0.15, 0.2) is 0 Å². The number of carbonyl (C=O) groups excluding carboxylic acids is 2. The smallest absolute Gasteiger partial charge is 0.266 e.